The van der Waals surface area contributed by atoms with Gasteiger partial charge in [-0.3, -0.25) is 4.79 Å². The Labute approximate surface area is 146 Å². The summed E-state index contributed by atoms with van der Waals surface area (Å²) in [7, 11) is 1.54. The van der Waals surface area contributed by atoms with Gasteiger partial charge in [0.25, 0.3) is 5.91 Å². The number of carbonyl (C=O) groups is 1. The summed E-state index contributed by atoms with van der Waals surface area (Å²) in [6, 6.07) is 12.3. The van der Waals surface area contributed by atoms with E-state index in [4.69, 9.17) is 21.1 Å². The molecule has 0 aliphatic heterocycles. The molecule has 0 saturated carbocycles. The van der Waals surface area contributed by atoms with Crippen LogP contribution in [0.5, 0.6) is 11.5 Å². The van der Waals surface area contributed by atoms with Gasteiger partial charge >= 0.3 is 0 Å². The zero-order valence-electron chi connectivity index (χ0n) is 13.6. The Bertz CT molecular complexity index is 718. The number of hydrogen-bond donors (Lipinski definition) is 1. The predicted molar refractivity (Wildman–Crippen MR) is 95.3 cm³/mol. The third-order valence-electron chi connectivity index (χ3n) is 3.12. The zero-order chi connectivity index (χ0) is 17.4. The first-order chi connectivity index (χ1) is 11.7. The third kappa shape index (κ3) is 4.73. The molecule has 0 unspecified atom stereocenters. The van der Waals surface area contributed by atoms with Crippen LogP contribution in [0, 0.1) is 0 Å². The number of halogens is 1. The van der Waals surface area contributed by atoms with E-state index in [0.29, 0.717) is 34.3 Å². The van der Waals surface area contributed by atoms with Crippen LogP contribution in [0.3, 0.4) is 0 Å². The summed E-state index contributed by atoms with van der Waals surface area (Å²) in [5.74, 6) is 0.742. The molecule has 5 nitrogen and oxygen atoms in total. The van der Waals surface area contributed by atoms with E-state index in [1.165, 1.54) is 6.21 Å². The summed E-state index contributed by atoms with van der Waals surface area (Å²) in [4.78, 5) is 11.9. The molecule has 0 aliphatic rings. The summed E-state index contributed by atoms with van der Waals surface area (Å²) in [6.45, 7) is 2.56. The molecule has 2 aromatic carbocycles. The van der Waals surface area contributed by atoms with Gasteiger partial charge in [0.2, 0.25) is 0 Å². The quantitative estimate of drug-likeness (QED) is 0.611. The van der Waals surface area contributed by atoms with Gasteiger partial charge in [-0.15, -0.1) is 0 Å². The van der Waals surface area contributed by atoms with Gasteiger partial charge < -0.3 is 9.47 Å². The smallest absolute Gasteiger partial charge is 0.271 e. The number of amides is 1. The Morgan fingerprint density at radius 3 is 2.71 bits per heavy atom. The molecule has 0 fully saturated rings. The number of methoxy groups -OCH3 is 1. The largest absolute Gasteiger partial charge is 0.493 e. The topological polar surface area (TPSA) is 59.9 Å². The molecular formula is C18H19ClN2O3. The molecule has 0 aromatic heterocycles. The highest BCUT2D eigenvalue weighted by Gasteiger charge is 2.11. The molecule has 24 heavy (non-hydrogen) atoms. The van der Waals surface area contributed by atoms with Crippen molar-refractivity contribution in [1.82, 2.24) is 5.43 Å². The van der Waals surface area contributed by atoms with Crippen molar-refractivity contribution in [3.8, 4) is 11.5 Å². The molecule has 0 bridgehead atoms. The highest BCUT2D eigenvalue weighted by atomic mass is 35.5. The average molecular weight is 347 g/mol. The van der Waals surface area contributed by atoms with Crippen LogP contribution >= 0.6 is 11.6 Å². The van der Waals surface area contributed by atoms with Gasteiger partial charge in [-0.1, -0.05) is 36.7 Å². The Morgan fingerprint density at radius 1 is 1.29 bits per heavy atom. The second-order valence-corrected chi connectivity index (χ2v) is 5.35. The van der Waals surface area contributed by atoms with Crippen molar-refractivity contribution >= 4 is 23.7 Å². The number of nitrogens with one attached hydrogen (secondary N) is 1. The number of rotatable bonds is 7. The highest BCUT2D eigenvalue weighted by Crippen LogP contribution is 2.36. The Morgan fingerprint density at radius 2 is 2.04 bits per heavy atom. The van der Waals surface area contributed by atoms with Gasteiger partial charge in [0.15, 0.2) is 11.5 Å². The minimum atomic E-state index is -0.284. The molecule has 2 rings (SSSR count). The normalized spacial score (nSPS) is 10.6. The van der Waals surface area contributed by atoms with E-state index in [2.05, 4.69) is 10.5 Å². The van der Waals surface area contributed by atoms with E-state index in [1.54, 1.807) is 43.5 Å². The van der Waals surface area contributed by atoms with Gasteiger partial charge in [-0.25, -0.2) is 5.43 Å². The van der Waals surface area contributed by atoms with Crippen molar-refractivity contribution in [1.29, 1.82) is 0 Å². The van der Waals surface area contributed by atoms with E-state index in [9.17, 15) is 4.79 Å². The first-order valence-corrected chi connectivity index (χ1v) is 7.92. The number of hydrogen-bond acceptors (Lipinski definition) is 4. The molecule has 1 N–H and O–H groups in total. The fourth-order valence-corrected chi connectivity index (χ4v) is 2.25. The van der Waals surface area contributed by atoms with Crippen LogP contribution in [0.2, 0.25) is 5.02 Å². The summed E-state index contributed by atoms with van der Waals surface area (Å²) in [5.41, 5.74) is 3.69. The average Bonchev–Trinajstić information content (AvgIpc) is 2.61. The molecule has 126 valence electrons. The van der Waals surface area contributed by atoms with Gasteiger partial charge in [0.1, 0.15) is 0 Å². The minimum Gasteiger partial charge on any atom is -0.493 e. The highest BCUT2D eigenvalue weighted by molar-refractivity contribution is 6.32. The zero-order valence-corrected chi connectivity index (χ0v) is 14.3. The van der Waals surface area contributed by atoms with Crippen LogP contribution < -0.4 is 14.9 Å². The summed E-state index contributed by atoms with van der Waals surface area (Å²) >= 11 is 6.23. The van der Waals surface area contributed by atoms with E-state index >= 15 is 0 Å². The van der Waals surface area contributed by atoms with Gasteiger partial charge in [-0.2, -0.15) is 5.10 Å². The van der Waals surface area contributed by atoms with Crippen LogP contribution in [0.4, 0.5) is 0 Å². The lowest BCUT2D eigenvalue weighted by molar-refractivity contribution is 0.0955. The first kappa shape index (κ1) is 17.8. The first-order valence-electron chi connectivity index (χ1n) is 7.54. The summed E-state index contributed by atoms with van der Waals surface area (Å²) in [6.07, 6.45) is 2.37. The van der Waals surface area contributed by atoms with E-state index in [-0.39, 0.29) is 5.91 Å². The molecule has 6 heteroatoms. The predicted octanol–water partition coefficient (Wildman–Crippen LogP) is 3.90. The lowest BCUT2D eigenvalue weighted by Crippen LogP contribution is -2.17. The Hall–Kier alpha value is -2.53. The van der Waals surface area contributed by atoms with Crippen LogP contribution in [-0.4, -0.2) is 25.8 Å². The van der Waals surface area contributed by atoms with Crippen LogP contribution in [-0.2, 0) is 0 Å². The maximum atomic E-state index is 11.9. The Kier molecular flexibility index (Phi) is 6.63. The monoisotopic (exact) mass is 346 g/mol. The maximum absolute atomic E-state index is 11.9. The van der Waals surface area contributed by atoms with Crippen molar-refractivity contribution in [3.05, 3.63) is 58.6 Å². The molecule has 0 heterocycles. The molecule has 0 atom stereocenters. The fraction of sp³-hybridized carbons (Fsp3) is 0.222. The van der Waals surface area contributed by atoms with E-state index in [0.717, 1.165) is 6.42 Å². The standard InChI is InChI=1S/C18H19ClN2O3/c1-3-9-24-17-15(19)10-13(11-16(17)23-2)12-20-21-18(22)14-7-5-4-6-8-14/h4-8,10-12H,3,9H2,1-2H3,(H,21,22)/b20-12-. The number of nitrogens with zero attached hydrogens (tertiary/aromatic N) is 1. The summed E-state index contributed by atoms with van der Waals surface area (Å²) in [5, 5.41) is 4.38. The van der Waals surface area contributed by atoms with Crippen LogP contribution in [0.15, 0.2) is 47.6 Å². The number of carbonyl (C=O) groups excluding carboxylic acids is 1. The lowest BCUT2D eigenvalue weighted by Gasteiger charge is -2.12. The maximum Gasteiger partial charge on any atom is 0.271 e. The minimum absolute atomic E-state index is 0.284. The van der Waals surface area contributed by atoms with Crippen molar-refractivity contribution < 1.29 is 14.3 Å². The second kappa shape index (κ2) is 8.93. The second-order valence-electron chi connectivity index (χ2n) is 4.95. The number of ether oxygens (including phenoxy) is 2. The van der Waals surface area contributed by atoms with Gasteiger partial charge in [-0.05, 0) is 36.2 Å². The molecule has 0 spiro atoms. The summed E-state index contributed by atoms with van der Waals surface area (Å²) < 4.78 is 10.9. The molecular weight excluding hydrogens is 328 g/mol. The van der Waals surface area contributed by atoms with Gasteiger partial charge in [0.05, 0.1) is 25.0 Å². The van der Waals surface area contributed by atoms with Crippen molar-refractivity contribution in [2.24, 2.45) is 5.10 Å². The van der Waals surface area contributed by atoms with E-state index in [1.807, 2.05) is 13.0 Å². The lowest BCUT2D eigenvalue weighted by atomic mass is 10.2. The Balaban J connectivity index is 2.09. The van der Waals surface area contributed by atoms with E-state index < -0.39 is 0 Å². The third-order valence-corrected chi connectivity index (χ3v) is 3.40. The number of hydrazone groups is 1. The van der Waals surface area contributed by atoms with Gasteiger partial charge in [0, 0.05) is 5.56 Å². The van der Waals surface area contributed by atoms with Crippen LogP contribution in [0.1, 0.15) is 29.3 Å². The molecule has 0 radical (unpaired) electrons. The molecule has 0 aliphatic carbocycles. The van der Waals surface area contributed by atoms with Crippen molar-refractivity contribution in [2.45, 2.75) is 13.3 Å². The SMILES string of the molecule is CCCOc1c(Cl)cc(/C=N\NC(=O)c2ccccc2)cc1OC. The number of benzene rings is 2. The fourth-order valence-electron chi connectivity index (χ4n) is 1.98. The van der Waals surface area contributed by atoms with Crippen molar-refractivity contribution in [2.75, 3.05) is 13.7 Å². The van der Waals surface area contributed by atoms with Crippen molar-refractivity contribution in [3.63, 3.8) is 0 Å². The molecule has 0 saturated heterocycles. The molecule has 2 aromatic rings. The molecule has 1 amide bonds. The van der Waals surface area contributed by atoms with Crippen LogP contribution in [0.25, 0.3) is 0 Å².